The second-order valence-corrected chi connectivity index (χ2v) is 7.52. The second-order valence-electron chi connectivity index (χ2n) is 6.51. The SMILES string of the molecule is COCCN(C(=O)CCn1cnc2ccccc2c1=O)c1nc2ccccc2s1. The minimum Gasteiger partial charge on any atom is -0.383 e. The van der Waals surface area contributed by atoms with Gasteiger partial charge in [-0.05, 0) is 24.3 Å². The fourth-order valence-corrected chi connectivity index (χ4v) is 4.11. The molecule has 2 aromatic carbocycles. The van der Waals surface area contributed by atoms with E-state index in [2.05, 4.69) is 9.97 Å². The van der Waals surface area contributed by atoms with Crippen LogP contribution in [0.15, 0.2) is 59.7 Å². The predicted molar refractivity (Wildman–Crippen MR) is 114 cm³/mol. The number of anilines is 1. The molecule has 0 saturated carbocycles. The predicted octanol–water partition coefficient (Wildman–Crippen LogP) is 3.08. The molecule has 0 saturated heterocycles. The van der Waals surface area contributed by atoms with Gasteiger partial charge in [0.05, 0.1) is 40.6 Å². The lowest BCUT2D eigenvalue weighted by Crippen LogP contribution is -2.35. The molecule has 0 unspecified atom stereocenters. The Morgan fingerprint density at radius 1 is 1.14 bits per heavy atom. The number of thiazole rings is 1. The van der Waals surface area contributed by atoms with Gasteiger partial charge in [0.2, 0.25) is 5.91 Å². The number of benzene rings is 2. The summed E-state index contributed by atoms with van der Waals surface area (Å²) in [6.07, 6.45) is 1.66. The van der Waals surface area contributed by atoms with Crippen molar-refractivity contribution in [3.8, 4) is 0 Å². The summed E-state index contributed by atoms with van der Waals surface area (Å²) < 4.78 is 7.67. The Morgan fingerprint density at radius 3 is 2.69 bits per heavy atom. The van der Waals surface area contributed by atoms with Crippen molar-refractivity contribution < 1.29 is 9.53 Å². The van der Waals surface area contributed by atoms with Gasteiger partial charge in [0.1, 0.15) is 0 Å². The molecule has 29 heavy (non-hydrogen) atoms. The van der Waals surface area contributed by atoms with E-state index >= 15 is 0 Å². The highest BCUT2D eigenvalue weighted by molar-refractivity contribution is 7.22. The third kappa shape index (κ3) is 4.03. The van der Waals surface area contributed by atoms with Gasteiger partial charge in [0.15, 0.2) is 5.13 Å². The maximum absolute atomic E-state index is 13.0. The van der Waals surface area contributed by atoms with Crippen LogP contribution in [0.4, 0.5) is 5.13 Å². The third-order valence-corrected chi connectivity index (χ3v) is 5.69. The van der Waals surface area contributed by atoms with Gasteiger partial charge in [-0.3, -0.25) is 19.1 Å². The van der Waals surface area contributed by atoms with Crippen LogP contribution in [-0.2, 0) is 16.1 Å². The van der Waals surface area contributed by atoms with Gasteiger partial charge < -0.3 is 4.74 Å². The summed E-state index contributed by atoms with van der Waals surface area (Å²) in [6, 6.07) is 15.0. The van der Waals surface area contributed by atoms with Crippen molar-refractivity contribution in [3.05, 3.63) is 65.2 Å². The molecule has 0 aliphatic carbocycles. The normalized spacial score (nSPS) is 11.2. The number of para-hydroxylation sites is 2. The number of methoxy groups -OCH3 is 1. The summed E-state index contributed by atoms with van der Waals surface area (Å²) in [5.74, 6) is -0.110. The highest BCUT2D eigenvalue weighted by Gasteiger charge is 2.19. The van der Waals surface area contributed by atoms with E-state index in [1.807, 2.05) is 30.3 Å². The van der Waals surface area contributed by atoms with Crippen molar-refractivity contribution in [1.29, 1.82) is 0 Å². The lowest BCUT2D eigenvalue weighted by atomic mass is 10.2. The fourth-order valence-electron chi connectivity index (χ4n) is 3.10. The third-order valence-electron chi connectivity index (χ3n) is 4.63. The summed E-state index contributed by atoms with van der Waals surface area (Å²) in [4.78, 5) is 36.1. The highest BCUT2D eigenvalue weighted by atomic mass is 32.1. The molecule has 148 valence electrons. The Labute approximate surface area is 171 Å². The maximum atomic E-state index is 13.0. The summed E-state index contributed by atoms with van der Waals surface area (Å²) in [5.41, 5.74) is 1.36. The molecule has 0 spiro atoms. The van der Waals surface area contributed by atoms with Crippen LogP contribution in [0, 0.1) is 0 Å². The molecule has 0 atom stereocenters. The molecule has 4 aromatic rings. The fraction of sp³-hybridized carbons (Fsp3) is 0.238. The van der Waals surface area contributed by atoms with Gasteiger partial charge in [0.25, 0.3) is 5.56 Å². The van der Waals surface area contributed by atoms with Crippen molar-refractivity contribution in [2.45, 2.75) is 13.0 Å². The molecule has 0 aliphatic rings. The molecule has 1 amide bonds. The molecule has 7 nitrogen and oxygen atoms in total. The van der Waals surface area contributed by atoms with E-state index < -0.39 is 0 Å². The molecule has 0 radical (unpaired) electrons. The first kappa shape index (κ1) is 19.2. The number of fused-ring (bicyclic) bond motifs is 2. The van der Waals surface area contributed by atoms with E-state index in [9.17, 15) is 9.59 Å². The summed E-state index contributed by atoms with van der Waals surface area (Å²) >= 11 is 1.47. The zero-order chi connectivity index (χ0) is 20.2. The average molecular weight is 408 g/mol. The van der Waals surface area contributed by atoms with Crippen molar-refractivity contribution in [3.63, 3.8) is 0 Å². The molecule has 4 rings (SSSR count). The van der Waals surface area contributed by atoms with Gasteiger partial charge >= 0.3 is 0 Å². The molecular weight excluding hydrogens is 388 g/mol. The Morgan fingerprint density at radius 2 is 1.90 bits per heavy atom. The van der Waals surface area contributed by atoms with Gasteiger partial charge in [-0.15, -0.1) is 0 Å². The van der Waals surface area contributed by atoms with E-state index in [0.717, 1.165) is 10.2 Å². The zero-order valence-electron chi connectivity index (χ0n) is 15.9. The standard InChI is InChI=1S/C21H20N4O3S/c1-28-13-12-25(21-23-17-8-4-5-9-18(17)29-21)19(26)10-11-24-14-22-16-7-3-2-6-15(16)20(24)27/h2-9,14H,10-13H2,1H3. The van der Waals surface area contributed by atoms with Crippen molar-refractivity contribution in [2.24, 2.45) is 0 Å². The number of aryl methyl sites for hydroxylation is 1. The first-order valence-electron chi connectivity index (χ1n) is 9.26. The lowest BCUT2D eigenvalue weighted by Gasteiger charge is -2.19. The van der Waals surface area contributed by atoms with Crippen LogP contribution in [0.2, 0.25) is 0 Å². The number of hydrogen-bond donors (Lipinski definition) is 0. The van der Waals surface area contributed by atoms with Crippen LogP contribution in [0.5, 0.6) is 0 Å². The van der Waals surface area contributed by atoms with Crippen LogP contribution >= 0.6 is 11.3 Å². The van der Waals surface area contributed by atoms with Crippen molar-refractivity contribution in [1.82, 2.24) is 14.5 Å². The first-order chi connectivity index (χ1) is 14.2. The molecule has 2 heterocycles. The van der Waals surface area contributed by atoms with Crippen molar-refractivity contribution in [2.75, 3.05) is 25.2 Å². The number of ether oxygens (including phenoxy) is 1. The monoisotopic (exact) mass is 408 g/mol. The van der Waals surface area contributed by atoms with Crippen LogP contribution in [0.25, 0.3) is 21.1 Å². The van der Waals surface area contributed by atoms with E-state index in [1.54, 1.807) is 30.2 Å². The van der Waals surface area contributed by atoms with Gasteiger partial charge in [-0.2, -0.15) is 0 Å². The van der Waals surface area contributed by atoms with E-state index in [1.165, 1.54) is 22.2 Å². The average Bonchev–Trinajstić information content (AvgIpc) is 3.17. The maximum Gasteiger partial charge on any atom is 0.261 e. The minimum atomic E-state index is -0.146. The number of aromatic nitrogens is 3. The Hall–Kier alpha value is -3.10. The molecule has 2 aromatic heterocycles. The molecule has 0 N–H and O–H groups in total. The Bertz CT molecular complexity index is 1180. The molecule has 0 aliphatic heterocycles. The molecule has 8 heteroatoms. The molecule has 0 bridgehead atoms. The second kappa shape index (κ2) is 8.50. The molecule has 0 fully saturated rings. The lowest BCUT2D eigenvalue weighted by molar-refractivity contribution is -0.119. The van der Waals surface area contributed by atoms with Crippen LogP contribution < -0.4 is 10.5 Å². The largest absolute Gasteiger partial charge is 0.383 e. The summed E-state index contributed by atoms with van der Waals surface area (Å²) in [6.45, 7) is 1.06. The first-order valence-corrected chi connectivity index (χ1v) is 10.1. The smallest absolute Gasteiger partial charge is 0.261 e. The van der Waals surface area contributed by atoms with Gasteiger partial charge in [0, 0.05) is 20.1 Å². The van der Waals surface area contributed by atoms with Crippen LogP contribution in [-0.4, -0.2) is 40.7 Å². The van der Waals surface area contributed by atoms with E-state index in [0.29, 0.717) is 29.2 Å². The van der Waals surface area contributed by atoms with Crippen LogP contribution in [0.3, 0.4) is 0 Å². The van der Waals surface area contributed by atoms with Crippen LogP contribution in [0.1, 0.15) is 6.42 Å². The quantitative estimate of drug-likeness (QED) is 0.470. The number of carbonyl (C=O) groups excluding carboxylic acids is 1. The van der Waals surface area contributed by atoms with Gasteiger partial charge in [-0.25, -0.2) is 9.97 Å². The number of hydrogen-bond acceptors (Lipinski definition) is 6. The zero-order valence-corrected chi connectivity index (χ0v) is 16.8. The minimum absolute atomic E-state index is 0.110. The number of amides is 1. The number of nitrogens with zero attached hydrogens (tertiary/aromatic N) is 4. The molecular formula is C21H20N4O3S. The number of carbonyl (C=O) groups is 1. The topological polar surface area (TPSA) is 77.3 Å². The highest BCUT2D eigenvalue weighted by Crippen LogP contribution is 2.28. The number of rotatable bonds is 7. The van der Waals surface area contributed by atoms with E-state index in [-0.39, 0.29) is 24.4 Å². The summed E-state index contributed by atoms with van der Waals surface area (Å²) in [5, 5.41) is 1.18. The van der Waals surface area contributed by atoms with E-state index in [4.69, 9.17) is 4.74 Å². The van der Waals surface area contributed by atoms with Gasteiger partial charge in [-0.1, -0.05) is 35.6 Å². The summed E-state index contributed by atoms with van der Waals surface area (Å²) in [7, 11) is 1.60. The Kier molecular flexibility index (Phi) is 5.64. The van der Waals surface area contributed by atoms with Crippen molar-refractivity contribution >= 4 is 43.5 Å². The Balaban J connectivity index is 1.55.